The van der Waals surface area contributed by atoms with Crippen LogP contribution in [0.2, 0.25) is 0 Å². The molecule has 2 rings (SSSR count). The van der Waals surface area contributed by atoms with Crippen molar-refractivity contribution >= 4 is 11.9 Å². The SMILES string of the molecule is CN(C(=O)Cn1cc(C(=O)O)cn1)C1CCCCC1. The molecule has 0 unspecified atom stereocenters. The molecule has 1 amide bonds. The van der Waals surface area contributed by atoms with Gasteiger partial charge in [0.25, 0.3) is 0 Å². The Kier molecular flexibility index (Phi) is 4.19. The molecular weight excluding hydrogens is 246 g/mol. The van der Waals surface area contributed by atoms with Crippen molar-refractivity contribution in [3.8, 4) is 0 Å². The lowest BCUT2D eigenvalue weighted by atomic mass is 9.94. The zero-order valence-electron chi connectivity index (χ0n) is 11.1. The highest BCUT2D eigenvalue weighted by molar-refractivity contribution is 5.87. The van der Waals surface area contributed by atoms with Crippen LogP contribution in [0.25, 0.3) is 0 Å². The van der Waals surface area contributed by atoms with Gasteiger partial charge in [-0.2, -0.15) is 5.10 Å². The number of aromatic nitrogens is 2. The standard InChI is InChI=1S/C13H19N3O3/c1-15(11-5-3-2-4-6-11)12(17)9-16-8-10(7-14-16)13(18)19/h7-8,11H,2-6,9H2,1H3,(H,18,19). The van der Waals surface area contributed by atoms with Crippen LogP contribution in [0.3, 0.4) is 0 Å². The molecule has 1 aromatic rings. The summed E-state index contributed by atoms with van der Waals surface area (Å²) in [5.41, 5.74) is 0.105. The van der Waals surface area contributed by atoms with E-state index >= 15 is 0 Å². The van der Waals surface area contributed by atoms with E-state index in [1.165, 1.54) is 36.3 Å². The highest BCUT2D eigenvalue weighted by Gasteiger charge is 2.22. The van der Waals surface area contributed by atoms with Gasteiger partial charge in [0.1, 0.15) is 6.54 Å². The van der Waals surface area contributed by atoms with E-state index in [-0.39, 0.29) is 18.0 Å². The van der Waals surface area contributed by atoms with Gasteiger partial charge >= 0.3 is 5.97 Å². The van der Waals surface area contributed by atoms with Crippen molar-refractivity contribution < 1.29 is 14.7 Å². The molecule has 6 heteroatoms. The van der Waals surface area contributed by atoms with Gasteiger partial charge in [0.2, 0.25) is 5.91 Å². The van der Waals surface area contributed by atoms with Gasteiger partial charge in [0, 0.05) is 19.3 Å². The summed E-state index contributed by atoms with van der Waals surface area (Å²) in [6.45, 7) is 0.0975. The molecular formula is C13H19N3O3. The third-order valence-electron chi connectivity index (χ3n) is 3.69. The van der Waals surface area contributed by atoms with E-state index < -0.39 is 5.97 Å². The molecule has 1 heterocycles. The Morgan fingerprint density at radius 3 is 2.68 bits per heavy atom. The predicted molar refractivity (Wildman–Crippen MR) is 68.8 cm³/mol. The van der Waals surface area contributed by atoms with Crippen molar-refractivity contribution in [3.63, 3.8) is 0 Å². The molecule has 1 aliphatic rings. The lowest BCUT2D eigenvalue weighted by Crippen LogP contribution is -2.40. The second-order valence-corrected chi connectivity index (χ2v) is 5.03. The van der Waals surface area contributed by atoms with Crippen LogP contribution in [0, 0.1) is 0 Å². The topological polar surface area (TPSA) is 75.4 Å². The normalized spacial score (nSPS) is 16.3. The fourth-order valence-electron chi connectivity index (χ4n) is 2.48. The van der Waals surface area contributed by atoms with Crippen LogP contribution in [0.15, 0.2) is 12.4 Å². The molecule has 6 nitrogen and oxygen atoms in total. The monoisotopic (exact) mass is 265 g/mol. The van der Waals surface area contributed by atoms with Crippen molar-refractivity contribution in [2.45, 2.75) is 44.7 Å². The molecule has 1 N–H and O–H groups in total. The largest absolute Gasteiger partial charge is 0.478 e. The molecule has 104 valence electrons. The van der Waals surface area contributed by atoms with E-state index in [1.54, 1.807) is 4.90 Å². The lowest BCUT2D eigenvalue weighted by molar-refractivity contribution is -0.133. The zero-order valence-corrected chi connectivity index (χ0v) is 11.1. The van der Waals surface area contributed by atoms with Crippen LogP contribution in [0.5, 0.6) is 0 Å². The van der Waals surface area contributed by atoms with Gasteiger partial charge in [-0.1, -0.05) is 19.3 Å². The van der Waals surface area contributed by atoms with Crippen molar-refractivity contribution in [1.82, 2.24) is 14.7 Å². The number of carbonyl (C=O) groups is 2. The molecule has 1 fully saturated rings. The van der Waals surface area contributed by atoms with Gasteiger partial charge in [0.05, 0.1) is 11.8 Å². The Bertz CT molecular complexity index is 463. The maximum Gasteiger partial charge on any atom is 0.338 e. The minimum atomic E-state index is -1.03. The Balaban J connectivity index is 1.93. The molecule has 0 aromatic carbocycles. The molecule has 0 spiro atoms. The molecule has 0 radical (unpaired) electrons. The van der Waals surface area contributed by atoms with Crippen LogP contribution in [-0.4, -0.2) is 44.8 Å². The van der Waals surface area contributed by atoms with Gasteiger partial charge < -0.3 is 10.0 Å². The van der Waals surface area contributed by atoms with Crippen LogP contribution in [-0.2, 0) is 11.3 Å². The molecule has 1 saturated carbocycles. The molecule has 1 aromatic heterocycles. The molecule has 0 saturated heterocycles. The minimum absolute atomic E-state index is 0.0214. The number of hydrogen-bond donors (Lipinski definition) is 1. The van der Waals surface area contributed by atoms with E-state index in [0.717, 1.165) is 12.8 Å². The van der Waals surface area contributed by atoms with E-state index in [4.69, 9.17) is 5.11 Å². The first-order valence-corrected chi connectivity index (χ1v) is 6.59. The summed E-state index contributed by atoms with van der Waals surface area (Å²) < 4.78 is 1.38. The Labute approximate surface area is 112 Å². The second kappa shape index (κ2) is 5.86. The number of carboxylic acids is 1. The number of amides is 1. The zero-order chi connectivity index (χ0) is 13.8. The van der Waals surface area contributed by atoms with E-state index in [1.807, 2.05) is 7.05 Å². The molecule has 1 aliphatic carbocycles. The molecule has 19 heavy (non-hydrogen) atoms. The third-order valence-corrected chi connectivity index (χ3v) is 3.69. The predicted octanol–water partition coefficient (Wildman–Crippen LogP) is 1.37. The van der Waals surface area contributed by atoms with E-state index in [9.17, 15) is 9.59 Å². The van der Waals surface area contributed by atoms with E-state index in [2.05, 4.69) is 5.10 Å². The highest BCUT2D eigenvalue weighted by atomic mass is 16.4. The number of carbonyl (C=O) groups excluding carboxylic acids is 1. The fraction of sp³-hybridized carbons (Fsp3) is 0.615. The smallest absolute Gasteiger partial charge is 0.338 e. The average Bonchev–Trinajstić information content (AvgIpc) is 2.87. The van der Waals surface area contributed by atoms with Crippen LogP contribution in [0.1, 0.15) is 42.5 Å². The van der Waals surface area contributed by atoms with Gasteiger partial charge in [-0.3, -0.25) is 9.48 Å². The quantitative estimate of drug-likeness (QED) is 0.892. The summed E-state index contributed by atoms with van der Waals surface area (Å²) >= 11 is 0. The number of carboxylic acid groups (broad SMARTS) is 1. The van der Waals surface area contributed by atoms with Gasteiger partial charge in [-0.05, 0) is 12.8 Å². The number of hydrogen-bond acceptors (Lipinski definition) is 3. The summed E-state index contributed by atoms with van der Waals surface area (Å²) in [4.78, 5) is 24.6. The van der Waals surface area contributed by atoms with Crippen LogP contribution < -0.4 is 0 Å². The highest BCUT2D eigenvalue weighted by Crippen LogP contribution is 2.21. The summed E-state index contributed by atoms with van der Waals surface area (Å²) in [6.07, 6.45) is 8.36. The van der Waals surface area contributed by atoms with Crippen molar-refractivity contribution in [2.24, 2.45) is 0 Å². The first-order valence-electron chi connectivity index (χ1n) is 6.59. The minimum Gasteiger partial charge on any atom is -0.478 e. The van der Waals surface area contributed by atoms with E-state index in [0.29, 0.717) is 6.04 Å². The Hall–Kier alpha value is -1.85. The first-order chi connectivity index (χ1) is 9.08. The number of nitrogens with zero attached hydrogens (tertiary/aromatic N) is 3. The summed E-state index contributed by atoms with van der Waals surface area (Å²) in [7, 11) is 1.82. The first kappa shape index (κ1) is 13.6. The van der Waals surface area contributed by atoms with Crippen LogP contribution in [0.4, 0.5) is 0 Å². The third kappa shape index (κ3) is 3.33. The Morgan fingerprint density at radius 1 is 1.42 bits per heavy atom. The van der Waals surface area contributed by atoms with Gasteiger partial charge in [-0.15, -0.1) is 0 Å². The molecule has 0 atom stereocenters. The second-order valence-electron chi connectivity index (χ2n) is 5.03. The molecule has 0 aliphatic heterocycles. The van der Waals surface area contributed by atoms with Crippen molar-refractivity contribution in [1.29, 1.82) is 0 Å². The van der Waals surface area contributed by atoms with Crippen molar-refractivity contribution in [2.75, 3.05) is 7.05 Å². The Morgan fingerprint density at radius 2 is 2.11 bits per heavy atom. The summed E-state index contributed by atoms with van der Waals surface area (Å²) in [6, 6.07) is 0.316. The summed E-state index contributed by atoms with van der Waals surface area (Å²) in [5, 5.41) is 12.7. The van der Waals surface area contributed by atoms with Gasteiger partial charge in [-0.25, -0.2) is 4.79 Å². The van der Waals surface area contributed by atoms with Crippen molar-refractivity contribution in [3.05, 3.63) is 18.0 Å². The molecule has 0 bridgehead atoms. The lowest BCUT2D eigenvalue weighted by Gasteiger charge is -2.31. The average molecular weight is 265 g/mol. The maximum atomic E-state index is 12.1. The number of rotatable bonds is 4. The maximum absolute atomic E-state index is 12.1. The van der Waals surface area contributed by atoms with Gasteiger partial charge in [0.15, 0.2) is 0 Å². The number of likely N-dealkylation sites (N-methyl/N-ethyl adjacent to an activating group) is 1. The number of aromatic carboxylic acids is 1. The summed E-state index contributed by atoms with van der Waals surface area (Å²) in [5.74, 6) is -1.05. The fourth-order valence-corrected chi connectivity index (χ4v) is 2.48. The van der Waals surface area contributed by atoms with Crippen LogP contribution >= 0.6 is 0 Å².